The number of carbonyl (C=O) groups excluding carboxylic acids is 1. The van der Waals surface area contributed by atoms with E-state index in [4.69, 9.17) is 0 Å². The lowest BCUT2D eigenvalue weighted by Gasteiger charge is -2.37. The topological polar surface area (TPSA) is 55.8 Å². The molecule has 0 bridgehead atoms. The smallest absolute Gasteiger partial charge is 0.234 e. The van der Waals surface area contributed by atoms with Crippen LogP contribution in [0, 0.1) is 11.8 Å². The summed E-state index contributed by atoms with van der Waals surface area (Å²) in [6, 6.07) is 7.79. The molecule has 1 aromatic carbocycles. The first kappa shape index (κ1) is 18.1. The Bertz CT molecular complexity index is 584. The van der Waals surface area contributed by atoms with E-state index >= 15 is 0 Å². The van der Waals surface area contributed by atoms with Crippen LogP contribution in [0.3, 0.4) is 0 Å². The highest BCUT2D eigenvalue weighted by Gasteiger charge is 2.29. The van der Waals surface area contributed by atoms with Gasteiger partial charge in [-0.3, -0.25) is 9.69 Å². The van der Waals surface area contributed by atoms with Crippen LogP contribution in [0.4, 0.5) is 5.69 Å². The van der Waals surface area contributed by atoms with Gasteiger partial charge in [0, 0.05) is 32.2 Å². The maximum Gasteiger partial charge on any atom is 0.234 e. The number of amides is 1. The Morgan fingerprint density at radius 3 is 2.60 bits per heavy atom. The first-order valence-corrected chi connectivity index (χ1v) is 9.59. The SMILES string of the molecule is CC1CCCC(NC(=O)CN2CCN(c3ccccc3O)CC2)C1C. The van der Waals surface area contributed by atoms with Gasteiger partial charge in [-0.15, -0.1) is 0 Å². The zero-order chi connectivity index (χ0) is 17.8. The van der Waals surface area contributed by atoms with Crippen LogP contribution in [-0.4, -0.2) is 54.7 Å². The highest BCUT2D eigenvalue weighted by molar-refractivity contribution is 5.78. The van der Waals surface area contributed by atoms with Crippen molar-refractivity contribution in [3.63, 3.8) is 0 Å². The second-order valence-electron chi connectivity index (χ2n) is 7.69. The van der Waals surface area contributed by atoms with Gasteiger partial charge in [0.05, 0.1) is 12.2 Å². The number of phenols is 1. The number of hydrogen-bond donors (Lipinski definition) is 2. The molecular formula is C20H31N3O2. The van der Waals surface area contributed by atoms with E-state index in [0.717, 1.165) is 38.3 Å². The summed E-state index contributed by atoms with van der Waals surface area (Å²) in [5.74, 6) is 1.74. The average Bonchev–Trinajstić information content (AvgIpc) is 2.60. The van der Waals surface area contributed by atoms with Crippen LogP contribution in [0.25, 0.3) is 0 Å². The van der Waals surface area contributed by atoms with Crippen molar-refractivity contribution in [3.05, 3.63) is 24.3 Å². The molecule has 3 rings (SSSR count). The van der Waals surface area contributed by atoms with Gasteiger partial charge in [0.2, 0.25) is 5.91 Å². The van der Waals surface area contributed by atoms with E-state index in [1.807, 2.05) is 18.2 Å². The van der Waals surface area contributed by atoms with E-state index in [1.165, 1.54) is 12.8 Å². The molecule has 1 aromatic rings. The predicted molar refractivity (Wildman–Crippen MR) is 101 cm³/mol. The van der Waals surface area contributed by atoms with Gasteiger partial charge in [0.25, 0.3) is 0 Å². The van der Waals surface area contributed by atoms with Gasteiger partial charge in [0.1, 0.15) is 5.75 Å². The molecule has 1 heterocycles. The Morgan fingerprint density at radius 1 is 1.16 bits per heavy atom. The molecule has 3 atom stereocenters. The van der Waals surface area contributed by atoms with Gasteiger partial charge in [-0.2, -0.15) is 0 Å². The van der Waals surface area contributed by atoms with Crippen LogP contribution in [-0.2, 0) is 4.79 Å². The highest BCUT2D eigenvalue weighted by atomic mass is 16.3. The summed E-state index contributed by atoms with van der Waals surface area (Å²) in [6.45, 7) is 8.40. The second kappa shape index (κ2) is 8.09. The van der Waals surface area contributed by atoms with Crippen LogP contribution < -0.4 is 10.2 Å². The third kappa shape index (κ3) is 4.46. The van der Waals surface area contributed by atoms with Gasteiger partial charge in [-0.1, -0.05) is 38.8 Å². The number of nitrogens with zero attached hydrogens (tertiary/aromatic N) is 2. The molecule has 2 N–H and O–H groups in total. The van der Waals surface area contributed by atoms with Crippen molar-refractivity contribution >= 4 is 11.6 Å². The molecule has 5 nitrogen and oxygen atoms in total. The number of phenolic OH excluding ortho intramolecular Hbond substituents is 1. The largest absolute Gasteiger partial charge is 0.506 e. The minimum absolute atomic E-state index is 0.155. The summed E-state index contributed by atoms with van der Waals surface area (Å²) in [5, 5.41) is 13.2. The average molecular weight is 345 g/mol. The van der Waals surface area contributed by atoms with Crippen molar-refractivity contribution in [3.8, 4) is 5.75 Å². The summed E-state index contributed by atoms with van der Waals surface area (Å²) < 4.78 is 0. The van der Waals surface area contributed by atoms with Gasteiger partial charge in [-0.25, -0.2) is 0 Å². The van der Waals surface area contributed by atoms with E-state index < -0.39 is 0 Å². The molecule has 0 spiro atoms. The van der Waals surface area contributed by atoms with Crippen molar-refractivity contribution in [2.75, 3.05) is 37.6 Å². The Hall–Kier alpha value is -1.75. The van der Waals surface area contributed by atoms with Crippen molar-refractivity contribution in [2.24, 2.45) is 11.8 Å². The van der Waals surface area contributed by atoms with E-state index in [0.29, 0.717) is 30.2 Å². The fraction of sp³-hybridized carbons (Fsp3) is 0.650. The normalized spacial score (nSPS) is 27.9. The molecule has 2 fully saturated rings. The molecule has 0 radical (unpaired) electrons. The fourth-order valence-corrected chi connectivity index (χ4v) is 4.12. The third-order valence-corrected chi connectivity index (χ3v) is 6.02. The number of benzene rings is 1. The summed E-state index contributed by atoms with van der Waals surface area (Å²) >= 11 is 0. The molecule has 0 aromatic heterocycles. The fourth-order valence-electron chi connectivity index (χ4n) is 4.12. The minimum Gasteiger partial charge on any atom is -0.506 e. The number of carbonyl (C=O) groups is 1. The Balaban J connectivity index is 1.46. The zero-order valence-electron chi connectivity index (χ0n) is 15.4. The number of hydrogen-bond acceptors (Lipinski definition) is 4. The van der Waals surface area contributed by atoms with Crippen molar-refractivity contribution in [2.45, 2.75) is 39.2 Å². The van der Waals surface area contributed by atoms with Crippen LogP contribution in [0.2, 0.25) is 0 Å². The van der Waals surface area contributed by atoms with Gasteiger partial charge in [0.15, 0.2) is 0 Å². The number of piperazine rings is 1. The molecule has 1 amide bonds. The molecule has 138 valence electrons. The summed E-state index contributed by atoms with van der Waals surface area (Å²) in [4.78, 5) is 16.8. The van der Waals surface area contributed by atoms with Crippen molar-refractivity contribution in [1.82, 2.24) is 10.2 Å². The second-order valence-corrected chi connectivity index (χ2v) is 7.69. The molecule has 3 unspecified atom stereocenters. The van der Waals surface area contributed by atoms with E-state index in [-0.39, 0.29) is 5.91 Å². The minimum atomic E-state index is 0.155. The molecule has 1 saturated heterocycles. The Kier molecular flexibility index (Phi) is 5.84. The zero-order valence-corrected chi connectivity index (χ0v) is 15.4. The molecule has 2 aliphatic rings. The van der Waals surface area contributed by atoms with Gasteiger partial charge in [-0.05, 0) is 30.4 Å². The van der Waals surface area contributed by atoms with Crippen molar-refractivity contribution in [1.29, 1.82) is 0 Å². The highest BCUT2D eigenvalue weighted by Crippen LogP contribution is 2.29. The number of para-hydroxylation sites is 2. The molecular weight excluding hydrogens is 314 g/mol. The molecule has 25 heavy (non-hydrogen) atoms. The van der Waals surface area contributed by atoms with E-state index in [9.17, 15) is 9.90 Å². The maximum atomic E-state index is 12.4. The van der Waals surface area contributed by atoms with Crippen LogP contribution in [0.15, 0.2) is 24.3 Å². The van der Waals surface area contributed by atoms with Crippen LogP contribution in [0.1, 0.15) is 33.1 Å². The Labute approximate surface area is 151 Å². The summed E-state index contributed by atoms with van der Waals surface area (Å²) in [6.07, 6.45) is 3.61. The van der Waals surface area contributed by atoms with E-state index in [1.54, 1.807) is 6.07 Å². The predicted octanol–water partition coefficient (Wildman–Crippen LogP) is 2.46. The summed E-state index contributed by atoms with van der Waals surface area (Å²) in [5.41, 5.74) is 0.886. The lowest BCUT2D eigenvalue weighted by Crippen LogP contribution is -2.52. The van der Waals surface area contributed by atoms with Gasteiger partial charge < -0.3 is 15.3 Å². The standard InChI is InChI=1S/C20H31N3O2/c1-15-6-5-7-17(16(15)2)21-20(25)14-22-10-12-23(13-11-22)18-8-3-4-9-19(18)24/h3-4,8-9,15-17,24H,5-7,10-14H2,1-2H3,(H,21,25). The number of aromatic hydroxyl groups is 1. The molecule has 1 aliphatic heterocycles. The number of rotatable bonds is 4. The lowest BCUT2D eigenvalue weighted by molar-refractivity contribution is -0.123. The third-order valence-electron chi connectivity index (χ3n) is 6.02. The first-order valence-electron chi connectivity index (χ1n) is 9.59. The Morgan fingerprint density at radius 2 is 1.88 bits per heavy atom. The lowest BCUT2D eigenvalue weighted by atomic mass is 9.78. The molecule has 1 aliphatic carbocycles. The number of anilines is 1. The van der Waals surface area contributed by atoms with Crippen LogP contribution in [0.5, 0.6) is 5.75 Å². The molecule has 5 heteroatoms. The maximum absolute atomic E-state index is 12.4. The quantitative estimate of drug-likeness (QED) is 0.880. The first-order chi connectivity index (χ1) is 12.0. The van der Waals surface area contributed by atoms with E-state index in [2.05, 4.69) is 29.0 Å². The summed E-state index contributed by atoms with van der Waals surface area (Å²) in [7, 11) is 0. The number of nitrogens with one attached hydrogen (secondary N) is 1. The van der Waals surface area contributed by atoms with Crippen LogP contribution >= 0.6 is 0 Å². The molecule has 1 saturated carbocycles. The van der Waals surface area contributed by atoms with Gasteiger partial charge >= 0.3 is 0 Å². The van der Waals surface area contributed by atoms with Crippen molar-refractivity contribution < 1.29 is 9.90 Å². The monoisotopic (exact) mass is 345 g/mol.